The Morgan fingerprint density at radius 2 is 2.10 bits per heavy atom. The van der Waals surface area contributed by atoms with Gasteiger partial charge in [-0.2, -0.15) is 0 Å². The van der Waals surface area contributed by atoms with Crippen LogP contribution < -0.4 is 5.84 Å². The average Bonchev–Trinajstić information content (AvgIpc) is 2.04. The molecule has 0 unspecified atom stereocenters. The zero-order valence-electron chi connectivity index (χ0n) is 5.76. The molecule has 1 heterocycles. The fourth-order valence-electron chi connectivity index (χ4n) is 0.907. The minimum atomic E-state index is 0.206. The van der Waals surface area contributed by atoms with Crippen LogP contribution in [-0.2, 0) is 4.79 Å². The number of amidine groups is 1. The quantitative estimate of drug-likeness (QED) is 0.462. The number of carbonyl (C=O) groups excluding carboxylic acids is 1. The van der Waals surface area contributed by atoms with E-state index in [1.54, 1.807) is 0 Å². The summed E-state index contributed by atoms with van der Waals surface area (Å²) in [7, 11) is 0. The van der Waals surface area contributed by atoms with Crippen molar-refractivity contribution in [3.63, 3.8) is 0 Å². The van der Waals surface area contributed by atoms with Gasteiger partial charge in [-0.15, -0.1) is 0 Å². The predicted octanol–water partition coefficient (Wildman–Crippen LogP) is -0.108. The van der Waals surface area contributed by atoms with Crippen molar-refractivity contribution in [1.29, 1.82) is 5.41 Å². The first kappa shape index (κ1) is 7.21. The second-order valence-corrected chi connectivity index (χ2v) is 2.43. The summed E-state index contributed by atoms with van der Waals surface area (Å²) in [6, 6.07) is 0. The van der Waals surface area contributed by atoms with Crippen molar-refractivity contribution in [2.24, 2.45) is 5.84 Å². The van der Waals surface area contributed by atoms with E-state index in [-0.39, 0.29) is 5.78 Å². The fourth-order valence-corrected chi connectivity index (χ4v) is 0.907. The van der Waals surface area contributed by atoms with Gasteiger partial charge in [0, 0.05) is 25.8 Å². The monoisotopic (exact) mass is 141 g/mol. The molecule has 0 saturated carbocycles. The van der Waals surface area contributed by atoms with Crippen LogP contribution >= 0.6 is 0 Å². The highest BCUT2D eigenvalue weighted by Gasteiger charge is 2.14. The van der Waals surface area contributed by atoms with E-state index in [1.807, 2.05) is 0 Å². The fraction of sp³-hybridized carbons (Fsp3) is 0.667. The highest BCUT2D eigenvalue weighted by molar-refractivity contribution is 5.88. The van der Waals surface area contributed by atoms with Crippen molar-refractivity contribution in [1.82, 2.24) is 5.01 Å². The Labute approximate surface area is 59.5 Å². The van der Waals surface area contributed by atoms with E-state index < -0.39 is 0 Å². The molecular weight excluding hydrogens is 130 g/mol. The Morgan fingerprint density at radius 1 is 1.40 bits per heavy atom. The summed E-state index contributed by atoms with van der Waals surface area (Å²) in [5.41, 5.74) is 0. The number of hydrazine groups is 1. The molecule has 0 aromatic heterocycles. The topological polar surface area (TPSA) is 70.2 Å². The number of ketones is 1. The van der Waals surface area contributed by atoms with Gasteiger partial charge in [-0.1, -0.05) is 0 Å². The van der Waals surface area contributed by atoms with E-state index >= 15 is 0 Å². The van der Waals surface area contributed by atoms with Gasteiger partial charge >= 0.3 is 0 Å². The van der Waals surface area contributed by atoms with Crippen LogP contribution in [0.2, 0.25) is 0 Å². The van der Waals surface area contributed by atoms with Gasteiger partial charge in [-0.25, -0.2) is 5.84 Å². The zero-order chi connectivity index (χ0) is 7.56. The summed E-state index contributed by atoms with van der Waals surface area (Å²) < 4.78 is 0. The number of Topliss-reactive ketones (excluding diaryl/α,β-unsaturated/α-hetero) is 1. The molecule has 0 spiro atoms. The first-order valence-corrected chi connectivity index (χ1v) is 3.31. The van der Waals surface area contributed by atoms with Gasteiger partial charge in [0.2, 0.25) is 0 Å². The second kappa shape index (κ2) is 2.79. The van der Waals surface area contributed by atoms with Gasteiger partial charge in [0.15, 0.2) is 0 Å². The second-order valence-electron chi connectivity index (χ2n) is 2.43. The standard InChI is InChI=1S/C6H11N3O/c7-6-2-1-5(10)3-4-9(6)8/h7H,1-4,8H2. The van der Waals surface area contributed by atoms with Gasteiger partial charge in [0.25, 0.3) is 0 Å². The van der Waals surface area contributed by atoms with Crippen LogP contribution in [0.3, 0.4) is 0 Å². The molecule has 1 fully saturated rings. The summed E-state index contributed by atoms with van der Waals surface area (Å²) in [6.07, 6.45) is 1.46. The zero-order valence-corrected chi connectivity index (χ0v) is 5.76. The minimum Gasteiger partial charge on any atom is -0.300 e. The largest absolute Gasteiger partial charge is 0.300 e. The molecule has 0 amide bonds. The van der Waals surface area contributed by atoms with E-state index in [0.29, 0.717) is 31.6 Å². The molecule has 4 heteroatoms. The molecule has 1 rings (SSSR count). The van der Waals surface area contributed by atoms with Crippen LogP contribution in [0.4, 0.5) is 0 Å². The third-order valence-corrected chi connectivity index (χ3v) is 1.62. The molecule has 3 N–H and O–H groups in total. The molecular formula is C6H11N3O. The lowest BCUT2D eigenvalue weighted by Gasteiger charge is -2.14. The smallest absolute Gasteiger partial charge is 0.135 e. The van der Waals surface area contributed by atoms with Crippen molar-refractivity contribution in [2.75, 3.05) is 6.54 Å². The molecule has 0 bridgehead atoms. The van der Waals surface area contributed by atoms with Crippen LogP contribution in [0.15, 0.2) is 0 Å². The van der Waals surface area contributed by atoms with Gasteiger partial charge in [0.05, 0.1) is 0 Å². The molecule has 0 atom stereocenters. The minimum absolute atomic E-state index is 0.206. The van der Waals surface area contributed by atoms with Crippen molar-refractivity contribution in [3.8, 4) is 0 Å². The van der Waals surface area contributed by atoms with Crippen LogP contribution in [-0.4, -0.2) is 23.2 Å². The molecule has 1 aliphatic heterocycles. The van der Waals surface area contributed by atoms with E-state index in [1.165, 1.54) is 5.01 Å². The van der Waals surface area contributed by atoms with E-state index in [0.717, 1.165) is 0 Å². The van der Waals surface area contributed by atoms with Crippen LogP contribution in [0.1, 0.15) is 19.3 Å². The lowest BCUT2D eigenvalue weighted by molar-refractivity contribution is -0.118. The Kier molecular flexibility index (Phi) is 2.01. The SMILES string of the molecule is N=C1CCC(=O)CCN1N. The maximum atomic E-state index is 10.8. The van der Waals surface area contributed by atoms with Crippen LogP contribution in [0, 0.1) is 5.41 Å². The summed E-state index contributed by atoms with van der Waals surface area (Å²) in [5.74, 6) is 5.97. The van der Waals surface area contributed by atoms with Gasteiger partial charge < -0.3 is 0 Å². The molecule has 4 nitrogen and oxygen atoms in total. The van der Waals surface area contributed by atoms with Crippen molar-refractivity contribution in [2.45, 2.75) is 19.3 Å². The lowest BCUT2D eigenvalue weighted by atomic mass is 10.2. The lowest BCUT2D eigenvalue weighted by Crippen LogP contribution is -2.36. The molecule has 0 radical (unpaired) electrons. The third-order valence-electron chi connectivity index (χ3n) is 1.62. The number of nitrogens with two attached hydrogens (primary N) is 1. The van der Waals surface area contributed by atoms with Gasteiger partial charge in [-0.05, 0) is 0 Å². The average molecular weight is 141 g/mol. The Morgan fingerprint density at radius 3 is 2.80 bits per heavy atom. The molecule has 1 saturated heterocycles. The number of hydrogen-bond donors (Lipinski definition) is 2. The highest BCUT2D eigenvalue weighted by atomic mass is 16.1. The predicted molar refractivity (Wildman–Crippen MR) is 37.5 cm³/mol. The Balaban J connectivity index is 2.54. The first-order chi connectivity index (χ1) is 4.70. The van der Waals surface area contributed by atoms with Gasteiger partial charge in [-0.3, -0.25) is 15.2 Å². The highest BCUT2D eigenvalue weighted by Crippen LogP contribution is 2.04. The van der Waals surface area contributed by atoms with Crippen LogP contribution in [0.25, 0.3) is 0 Å². The van der Waals surface area contributed by atoms with Gasteiger partial charge in [0.1, 0.15) is 11.6 Å². The maximum Gasteiger partial charge on any atom is 0.135 e. The summed E-state index contributed by atoms with van der Waals surface area (Å²) in [4.78, 5) is 10.8. The molecule has 0 aromatic carbocycles. The van der Waals surface area contributed by atoms with E-state index in [9.17, 15) is 4.79 Å². The number of nitrogens with one attached hydrogen (secondary N) is 1. The molecule has 0 aromatic rings. The van der Waals surface area contributed by atoms with Crippen molar-refractivity contribution < 1.29 is 4.79 Å². The molecule has 1 aliphatic rings. The number of carbonyl (C=O) groups is 1. The number of rotatable bonds is 0. The number of hydrogen-bond acceptors (Lipinski definition) is 3. The van der Waals surface area contributed by atoms with E-state index in [4.69, 9.17) is 11.3 Å². The molecule has 10 heavy (non-hydrogen) atoms. The third kappa shape index (κ3) is 1.54. The summed E-state index contributed by atoms with van der Waals surface area (Å²) >= 11 is 0. The maximum absolute atomic E-state index is 10.8. The Hall–Kier alpha value is -0.900. The van der Waals surface area contributed by atoms with Crippen LogP contribution in [0.5, 0.6) is 0 Å². The molecule has 0 aliphatic carbocycles. The first-order valence-electron chi connectivity index (χ1n) is 3.31. The normalized spacial score (nSPS) is 21.1. The summed E-state index contributed by atoms with van der Waals surface area (Å²) in [5, 5.41) is 8.61. The summed E-state index contributed by atoms with van der Waals surface area (Å²) in [6.45, 7) is 0.498. The van der Waals surface area contributed by atoms with E-state index in [2.05, 4.69) is 0 Å². The van der Waals surface area contributed by atoms with Crippen molar-refractivity contribution in [3.05, 3.63) is 0 Å². The molecule has 56 valence electrons. The number of nitrogens with zero attached hydrogens (tertiary/aromatic N) is 1. The van der Waals surface area contributed by atoms with Crippen molar-refractivity contribution >= 4 is 11.6 Å². The Bertz CT molecular complexity index is 166.